The van der Waals surface area contributed by atoms with Crippen LogP contribution in [-0.2, 0) is 9.53 Å². The molecule has 6 nitrogen and oxygen atoms in total. The van der Waals surface area contributed by atoms with Gasteiger partial charge in [-0.05, 0) is 36.1 Å². The maximum Gasteiger partial charge on any atom is 0.342 e. The number of carbonyl (C=O) groups is 2. The fraction of sp³-hybridized carbons (Fsp3) is 0.143. The summed E-state index contributed by atoms with van der Waals surface area (Å²) in [6.07, 6.45) is 0. The Morgan fingerprint density at radius 1 is 1.07 bits per heavy atom. The van der Waals surface area contributed by atoms with Crippen LogP contribution in [-0.4, -0.2) is 30.7 Å². The molecule has 0 aliphatic heterocycles. The predicted octanol–water partition coefficient (Wildman–Crippen LogP) is 3.66. The number of anilines is 1. The smallest absolute Gasteiger partial charge is 0.342 e. The van der Waals surface area contributed by atoms with Crippen molar-refractivity contribution in [2.45, 2.75) is 6.92 Å². The van der Waals surface area contributed by atoms with E-state index in [0.717, 1.165) is 10.9 Å². The molecule has 2 N–H and O–H groups in total. The summed E-state index contributed by atoms with van der Waals surface area (Å²) in [5, 5.41) is 14.3. The highest BCUT2D eigenvalue weighted by molar-refractivity contribution is 6.02. The highest BCUT2D eigenvalue weighted by atomic mass is 16.5. The third-order valence-electron chi connectivity index (χ3n) is 4.08. The number of amides is 1. The largest absolute Gasteiger partial charge is 0.506 e. The number of rotatable bonds is 5. The quantitative estimate of drug-likeness (QED) is 0.674. The zero-order valence-electron chi connectivity index (χ0n) is 15.0. The second-order valence-electron chi connectivity index (χ2n) is 6.01. The number of aryl methyl sites for hydroxylation is 1. The van der Waals surface area contributed by atoms with Crippen molar-refractivity contribution in [2.24, 2.45) is 0 Å². The molecule has 0 unspecified atom stereocenters. The summed E-state index contributed by atoms with van der Waals surface area (Å²) < 4.78 is 10.2. The molecule has 1 amide bonds. The lowest BCUT2D eigenvalue weighted by molar-refractivity contribution is -0.119. The van der Waals surface area contributed by atoms with Gasteiger partial charge in [-0.25, -0.2) is 4.79 Å². The van der Waals surface area contributed by atoms with Crippen LogP contribution in [0.15, 0.2) is 54.6 Å². The van der Waals surface area contributed by atoms with Gasteiger partial charge in [-0.1, -0.05) is 36.4 Å². The van der Waals surface area contributed by atoms with Gasteiger partial charge >= 0.3 is 5.97 Å². The summed E-state index contributed by atoms with van der Waals surface area (Å²) in [6.45, 7) is 1.40. The van der Waals surface area contributed by atoms with E-state index in [9.17, 15) is 14.7 Å². The summed E-state index contributed by atoms with van der Waals surface area (Å²) >= 11 is 0. The number of fused-ring (bicyclic) bond motifs is 1. The lowest BCUT2D eigenvalue weighted by Gasteiger charge is -2.12. The van der Waals surface area contributed by atoms with E-state index in [2.05, 4.69) is 5.32 Å². The molecule has 6 heteroatoms. The fourth-order valence-corrected chi connectivity index (χ4v) is 2.73. The van der Waals surface area contributed by atoms with Gasteiger partial charge in [0.05, 0.1) is 12.8 Å². The van der Waals surface area contributed by atoms with E-state index in [4.69, 9.17) is 9.47 Å². The first kappa shape index (κ1) is 18.3. The summed E-state index contributed by atoms with van der Waals surface area (Å²) in [6, 6.07) is 15.7. The van der Waals surface area contributed by atoms with Gasteiger partial charge in [0.15, 0.2) is 6.61 Å². The molecule has 0 fully saturated rings. The number of benzene rings is 3. The molecule has 0 saturated carbocycles. The molecule has 0 atom stereocenters. The molecule has 0 radical (unpaired) electrons. The van der Waals surface area contributed by atoms with Crippen LogP contribution >= 0.6 is 0 Å². The average Bonchev–Trinajstić information content (AvgIpc) is 2.67. The Morgan fingerprint density at radius 2 is 1.85 bits per heavy atom. The molecule has 0 heterocycles. The van der Waals surface area contributed by atoms with Gasteiger partial charge in [0, 0.05) is 5.39 Å². The maximum atomic E-state index is 12.3. The molecule has 3 aromatic rings. The van der Waals surface area contributed by atoms with E-state index < -0.39 is 18.5 Å². The lowest BCUT2D eigenvalue weighted by atomic mass is 10.1. The molecule has 3 aromatic carbocycles. The number of esters is 1. The zero-order valence-corrected chi connectivity index (χ0v) is 15.0. The van der Waals surface area contributed by atoms with Crippen LogP contribution in [0.1, 0.15) is 15.9 Å². The molecular formula is C21H19NO5. The Labute approximate surface area is 156 Å². The van der Waals surface area contributed by atoms with Gasteiger partial charge in [0.2, 0.25) is 0 Å². The van der Waals surface area contributed by atoms with Gasteiger partial charge in [0.25, 0.3) is 5.91 Å². The van der Waals surface area contributed by atoms with Crippen molar-refractivity contribution >= 4 is 28.3 Å². The third-order valence-corrected chi connectivity index (χ3v) is 4.08. The number of carbonyl (C=O) groups excluding carboxylic acids is 2. The summed E-state index contributed by atoms with van der Waals surface area (Å²) in [7, 11) is 1.50. The van der Waals surface area contributed by atoms with Crippen molar-refractivity contribution in [1.82, 2.24) is 0 Å². The maximum absolute atomic E-state index is 12.3. The average molecular weight is 365 g/mol. The molecule has 0 saturated heterocycles. The SMILES string of the molecule is COc1ccc(C)cc1NC(=O)COC(=O)c1ccc2ccccc2c1O. The first-order valence-corrected chi connectivity index (χ1v) is 8.32. The number of hydrogen-bond donors (Lipinski definition) is 2. The number of hydrogen-bond acceptors (Lipinski definition) is 5. The summed E-state index contributed by atoms with van der Waals surface area (Å²) in [4.78, 5) is 24.4. The van der Waals surface area contributed by atoms with Gasteiger partial charge < -0.3 is 19.9 Å². The van der Waals surface area contributed by atoms with Crippen LogP contribution in [0.25, 0.3) is 10.8 Å². The first-order valence-electron chi connectivity index (χ1n) is 8.32. The molecule has 0 spiro atoms. The van der Waals surface area contributed by atoms with E-state index in [1.807, 2.05) is 25.1 Å². The minimum absolute atomic E-state index is 0.00892. The van der Waals surface area contributed by atoms with E-state index in [1.165, 1.54) is 13.2 Å². The van der Waals surface area contributed by atoms with Gasteiger partial charge in [0.1, 0.15) is 17.1 Å². The number of phenols is 1. The highest BCUT2D eigenvalue weighted by Gasteiger charge is 2.17. The highest BCUT2D eigenvalue weighted by Crippen LogP contribution is 2.29. The third kappa shape index (κ3) is 4.00. The number of methoxy groups -OCH3 is 1. The molecule has 3 rings (SSSR count). The van der Waals surface area contributed by atoms with Crippen molar-refractivity contribution in [2.75, 3.05) is 19.0 Å². The van der Waals surface area contributed by atoms with Crippen LogP contribution < -0.4 is 10.1 Å². The van der Waals surface area contributed by atoms with Crippen molar-refractivity contribution in [3.8, 4) is 11.5 Å². The van der Waals surface area contributed by atoms with Gasteiger partial charge in [-0.2, -0.15) is 0 Å². The second kappa shape index (κ2) is 7.78. The molecular weight excluding hydrogens is 346 g/mol. The van der Waals surface area contributed by atoms with Crippen LogP contribution in [0, 0.1) is 6.92 Å². The molecule has 0 bridgehead atoms. The number of ether oxygens (including phenoxy) is 2. The van der Waals surface area contributed by atoms with Crippen molar-refractivity contribution in [3.05, 3.63) is 65.7 Å². The monoisotopic (exact) mass is 365 g/mol. The Morgan fingerprint density at radius 3 is 2.63 bits per heavy atom. The standard InChI is InChI=1S/C21H19NO5/c1-13-7-10-18(26-2)17(11-13)22-19(23)12-27-21(25)16-9-8-14-5-3-4-6-15(14)20(16)24/h3-11,24H,12H2,1-2H3,(H,22,23). The molecule has 0 aromatic heterocycles. The van der Waals surface area contributed by atoms with Crippen LogP contribution in [0.4, 0.5) is 5.69 Å². The van der Waals surface area contributed by atoms with Crippen molar-refractivity contribution in [3.63, 3.8) is 0 Å². The Kier molecular flexibility index (Phi) is 5.26. The lowest BCUT2D eigenvalue weighted by Crippen LogP contribution is -2.21. The summed E-state index contributed by atoms with van der Waals surface area (Å²) in [5.41, 5.74) is 1.45. The molecule has 138 valence electrons. The van der Waals surface area contributed by atoms with E-state index in [-0.39, 0.29) is 11.3 Å². The fourth-order valence-electron chi connectivity index (χ4n) is 2.73. The van der Waals surface area contributed by atoms with Crippen LogP contribution in [0.3, 0.4) is 0 Å². The minimum atomic E-state index is -0.774. The van der Waals surface area contributed by atoms with Crippen molar-refractivity contribution in [1.29, 1.82) is 0 Å². The number of phenolic OH excluding ortho intramolecular Hbond substituents is 1. The predicted molar refractivity (Wildman–Crippen MR) is 102 cm³/mol. The van der Waals surface area contributed by atoms with Gasteiger partial charge in [-0.3, -0.25) is 4.79 Å². The molecule has 0 aliphatic rings. The van der Waals surface area contributed by atoms with E-state index in [0.29, 0.717) is 16.8 Å². The number of aromatic hydroxyl groups is 1. The summed E-state index contributed by atoms with van der Waals surface area (Å²) in [5.74, 6) is -0.941. The zero-order chi connectivity index (χ0) is 19.4. The minimum Gasteiger partial charge on any atom is -0.506 e. The van der Waals surface area contributed by atoms with E-state index in [1.54, 1.807) is 30.3 Å². The first-order chi connectivity index (χ1) is 13.0. The van der Waals surface area contributed by atoms with E-state index >= 15 is 0 Å². The molecule has 0 aliphatic carbocycles. The second-order valence-corrected chi connectivity index (χ2v) is 6.01. The van der Waals surface area contributed by atoms with Crippen LogP contribution in [0.5, 0.6) is 11.5 Å². The topological polar surface area (TPSA) is 84.9 Å². The normalized spacial score (nSPS) is 10.4. The number of nitrogens with one attached hydrogen (secondary N) is 1. The van der Waals surface area contributed by atoms with Crippen LogP contribution in [0.2, 0.25) is 0 Å². The Bertz CT molecular complexity index is 1010. The Hall–Kier alpha value is -3.54. The Balaban J connectivity index is 1.68. The van der Waals surface area contributed by atoms with Gasteiger partial charge in [-0.15, -0.1) is 0 Å². The molecule has 27 heavy (non-hydrogen) atoms. The van der Waals surface area contributed by atoms with Crippen molar-refractivity contribution < 1.29 is 24.2 Å².